The Morgan fingerprint density at radius 1 is 1.52 bits per heavy atom. The zero-order chi connectivity index (χ0) is 15.1. The summed E-state index contributed by atoms with van der Waals surface area (Å²) in [6.45, 7) is 2.06. The van der Waals surface area contributed by atoms with Gasteiger partial charge in [-0.3, -0.25) is 4.98 Å². The van der Waals surface area contributed by atoms with Crippen molar-refractivity contribution in [2.24, 2.45) is 0 Å². The quantitative estimate of drug-likeness (QED) is 0.885. The van der Waals surface area contributed by atoms with Crippen LogP contribution in [0.5, 0.6) is 0 Å². The molecule has 0 radical (unpaired) electrons. The minimum absolute atomic E-state index is 0.0744. The van der Waals surface area contributed by atoms with Crippen LogP contribution in [0, 0.1) is 5.82 Å². The number of nitrogens with zero attached hydrogens (tertiary/aromatic N) is 1. The largest absolute Gasteiger partial charge is 0.478 e. The van der Waals surface area contributed by atoms with Gasteiger partial charge in [-0.1, -0.05) is 18.5 Å². The molecule has 1 aliphatic rings. The second kappa shape index (κ2) is 5.26. The van der Waals surface area contributed by atoms with Gasteiger partial charge in [-0.25, -0.2) is 9.18 Å². The van der Waals surface area contributed by atoms with E-state index in [2.05, 4.69) is 11.9 Å². The lowest BCUT2D eigenvalue weighted by Gasteiger charge is -2.25. The first-order valence-corrected chi connectivity index (χ1v) is 7.45. The van der Waals surface area contributed by atoms with Crippen molar-refractivity contribution in [3.8, 4) is 0 Å². The normalized spacial score (nSPS) is 17.8. The summed E-state index contributed by atoms with van der Waals surface area (Å²) in [5.74, 6) is -1.33. The average Bonchev–Trinajstić information content (AvgIpc) is 2.45. The molecule has 1 heterocycles. The fraction of sp³-hybridized carbons (Fsp3) is 0.375. The molecule has 0 bridgehead atoms. The third-order valence-electron chi connectivity index (χ3n) is 4.23. The van der Waals surface area contributed by atoms with E-state index in [0.717, 1.165) is 30.5 Å². The molecule has 1 aromatic heterocycles. The Morgan fingerprint density at radius 3 is 2.95 bits per heavy atom. The lowest BCUT2D eigenvalue weighted by molar-refractivity contribution is 0.0697. The number of carboxylic acids is 1. The van der Waals surface area contributed by atoms with Crippen LogP contribution in [0.3, 0.4) is 0 Å². The first kappa shape index (κ1) is 14.3. The van der Waals surface area contributed by atoms with Crippen LogP contribution in [0.15, 0.2) is 12.1 Å². The molecule has 0 spiro atoms. The predicted molar refractivity (Wildman–Crippen MR) is 79.6 cm³/mol. The number of aromatic carboxylic acids is 1. The van der Waals surface area contributed by atoms with E-state index >= 15 is 0 Å². The summed E-state index contributed by atoms with van der Waals surface area (Å²) in [7, 11) is 0. The molecular formula is C16H15ClFNO2. The number of aromatic nitrogens is 1. The number of halogens is 2. The topological polar surface area (TPSA) is 50.2 Å². The molecule has 0 aliphatic heterocycles. The van der Waals surface area contributed by atoms with Gasteiger partial charge >= 0.3 is 5.97 Å². The molecule has 2 aromatic rings. The molecule has 3 rings (SSSR count). The molecular weight excluding hydrogens is 293 g/mol. The van der Waals surface area contributed by atoms with Gasteiger partial charge in [0.1, 0.15) is 5.82 Å². The first-order valence-electron chi connectivity index (χ1n) is 7.07. The van der Waals surface area contributed by atoms with E-state index < -0.39 is 11.8 Å². The smallest absolute Gasteiger partial charge is 0.336 e. The summed E-state index contributed by atoms with van der Waals surface area (Å²) in [6.07, 6.45) is 3.55. The van der Waals surface area contributed by atoms with Crippen LogP contribution >= 0.6 is 11.6 Å². The third-order valence-corrected chi connectivity index (χ3v) is 4.52. The molecule has 1 N–H and O–H groups in total. The molecule has 0 fully saturated rings. The van der Waals surface area contributed by atoms with Crippen molar-refractivity contribution in [1.29, 1.82) is 0 Å². The number of hydrogen-bond acceptors (Lipinski definition) is 2. The predicted octanol–water partition coefficient (Wildman–Crippen LogP) is 4.56. The van der Waals surface area contributed by atoms with Gasteiger partial charge < -0.3 is 5.11 Å². The maximum atomic E-state index is 13.7. The summed E-state index contributed by atoms with van der Waals surface area (Å²) >= 11 is 5.81. The minimum Gasteiger partial charge on any atom is -0.478 e. The van der Waals surface area contributed by atoms with Gasteiger partial charge in [-0.05, 0) is 37.3 Å². The SMILES string of the molecule is CCC1CCCc2c1nc1cc(F)c(Cl)cc1c2C(=O)O. The lowest BCUT2D eigenvalue weighted by atomic mass is 9.82. The van der Waals surface area contributed by atoms with E-state index in [1.54, 1.807) is 0 Å². The summed E-state index contributed by atoms with van der Waals surface area (Å²) in [5.41, 5.74) is 2.20. The standard InChI is InChI=1S/C16H15ClFNO2/c1-2-8-4-3-5-9-14(16(20)21)10-6-11(17)12(18)7-13(10)19-15(8)9/h6-8H,2-5H2,1H3,(H,20,21). The fourth-order valence-corrected chi connectivity index (χ4v) is 3.38. The van der Waals surface area contributed by atoms with Gasteiger partial charge in [0, 0.05) is 23.1 Å². The van der Waals surface area contributed by atoms with Crippen LogP contribution in [0.1, 0.15) is 53.7 Å². The summed E-state index contributed by atoms with van der Waals surface area (Å²) in [6, 6.07) is 2.60. The van der Waals surface area contributed by atoms with Gasteiger partial charge in [0.2, 0.25) is 0 Å². The van der Waals surface area contributed by atoms with Crippen molar-refractivity contribution in [3.63, 3.8) is 0 Å². The number of fused-ring (bicyclic) bond motifs is 2. The monoisotopic (exact) mass is 307 g/mol. The molecule has 1 aromatic carbocycles. The highest BCUT2D eigenvalue weighted by Crippen LogP contribution is 2.38. The average molecular weight is 308 g/mol. The van der Waals surface area contributed by atoms with E-state index in [4.69, 9.17) is 11.6 Å². The van der Waals surface area contributed by atoms with Crippen LogP contribution in [0.2, 0.25) is 5.02 Å². The number of carbonyl (C=O) groups is 1. The van der Waals surface area contributed by atoms with Crippen molar-refractivity contribution < 1.29 is 14.3 Å². The van der Waals surface area contributed by atoms with Crippen LogP contribution in [0.4, 0.5) is 4.39 Å². The second-order valence-electron chi connectivity index (χ2n) is 5.44. The summed E-state index contributed by atoms with van der Waals surface area (Å²) in [5, 5.41) is 9.94. The molecule has 0 saturated carbocycles. The molecule has 110 valence electrons. The van der Waals surface area contributed by atoms with Crippen molar-refractivity contribution in [1.82, 2.24) is 4.98 Å². The number of carboxylic acid groups (broad SMARTS) is 1. The number of hydrogen-bond donors (Lipinski definition) is 1. The Labute approximate surface area is 126 Å². The molecule has 3 nitrogen and oxygen atoms in total. The van der Waals surface area contributed by atoms with Gasteiger partial charge in [-0.2, -0.15) is 0 Å². The summed E-state index contributed by atoms with van der Waals surface area (Å²) in [4.78, 5) is 16.3. The van der Waals surface area contributed by atoms with Crippen LogP contribution in [0.25, 0.3) is 10.9 Å². The second-order valence-corrected chi connectivity index (χ2v) is 5.84. The minimum atomic E-state index is -1.00. The third kappa shape index (κ3) is 2.27. The van der Waals surface area contributed by atoms with Crippen molar-refractivity contribution in [3.05, 3.63) is 39.8 Å². The molecule has 1 atom stereocenters. The number of pyridine rings is 1. The van der Waals surface area contributed by atoms with E-state index in [-0.39, 0.29) is 16.5 Å². The van der Waals surface area contributed by atoms with E-state index in [1.807, 2.05) is 0 Å². The zero-order valence-electron chi connectivity index (χ0n) is 11.6. The highest BCUT2D eigenvalue weighted by atomic mass is 35.5. The molecule has 21 heavy (non-hydrogen) atoms. The molecule has 0 saturated heterocycles. The van der Waals surface area contributed by atoms with E-state index in [1.165, 1.54) is 12.1 Å². The Balaban J connectivity index is 2.40. The molecule has 0 amide bonds. The van der Waals surface area contributed by atoms with Crippen LogP contribution in [-0.4, -0.2) is 16.1 Å². The Bertz CT molecular complexity index is 745. The number of rotatable bonds is 2. The van der Waals surface area contributed by atoms with Gasteiger partial charge in [-0.15, -0.1) is 0 Å². The van der Waals surface area contributed by atoms with E-state index in [9.17, 15) is 14.3 Å². The maximum absolute atomic E-state index is 13.7. The van der Waals surface area contributed by atoms with Gasteiger partial charge in [0.25, 0.3) is 0 Å². The highest BCUT2D eigenvalue weighted by molar-refractivity contribution is 6.31. The summed E-state index contributed by atoms with van der Waals surface area (Å²) < 4.78 is 13.7. The Kier molecular flexibility index (Phi) is 3.57. The van der Waals surface area contributed by atoms with Gasteiger partial charge in [0.05, 0.1) is 16.1 Å². The highest BCUT2D eigenvalue weighted by Gasteiger charge is 2.27. The zero-order valence-corrected chi connectivity index (χ0v) is 12.4. The van der Waals surface area contributed by atoms with Gasteiger partial charge in [0.15, 0.2) is 0 Å². The molecule has 1 aliphatic carbocycles. The Hall–Kier alpha value is -1.68. The van der Waals surface area contributed by atoms with Crippen LogP contribution < -0.4 is 0 Å². The van der Waals surface area contributed by atoms with Crippen LogP contribution in [-0.2, 0) is 6.42 Å². The van der Waals surface area contributed by atoms with Crippen molar-refractivity contribution in [2.45, 2.75) is 38.5 Å². The van der Waals surface area contributed by atoms with Crippen molar-refractivity contribution >= 4 is 28.5 Å². The lowest BCUT2D eigenvalue weighted by Crippen LogP contribution is -2.17. The van der Waals surface area contributed by atoms with E-state index in [0.29, 0.717) is 17.3 Å². The maximum Gasteiger partial charge on any atom is 0.336 e. The molecule has 1 unspecified atom stereocenters. The first-order chi connectivity index (χ1) is 10.0. The number of benzene rings is 1. The van der Waals surface area contributed by atoms with Crippen molar-refractivity contribution in [2.75, 3.05) is 0 Å². The fourth-order valence-electron chi connectivity index (χ4n) is 3.21. The Morgan fingerprint density at radius 2 is 2.29 bits per heavy atom. The molecule has 5 heteroatoms.